The van der Waals surface area contributed by atoms with Gasteiger partial charge in [0.05, 0.1) is 11.8 Å². The molecule has 0 aromatic heterocycles. The Morgan fingerprint density at radius 1 is 1.21 bits per heavy atom. The van der Waals surface area contributed by atoms with Crippen molar-refractivity contribution in [3.63, 3.8) is 0 Å². The fraction of sp³-hybridized carbons (Fsp3) is 0.857. The summed E-state index contributed by atoms with van der Waals surface area (Å²) < 4.78 is 0. The Balaban J connectivity index is 1.86. The third kappa shape index (κ3) is 3.08. The zero-order chi connectivity index (χ0) is 14.0. The molecule has 0 aliphatic heterocycles. The highest BCUT2D eigenvalue weighted by Crippen LogP contribution is 2.39. The van der Waals surface area contributed by atoms with Gasteiger partial charge in [-0.2, -0.15) is 0 Å². The summed E-state index contributed by atoms with van der Waals surface area (Å²) in [6.07, 6.45) is 6.38. The van der Waals surface area contributed by atoms with Gasteiger partial charge in [-0.05, 0) is 33.4 Å². The number of carboxylic acid groups (broad SMARTS) is 1. The van der Waals surface area contributed by atoms with E-state index in [-0.39, 0.29) is 17.4 Å². The molecular weight excluding hydrogens is 244 g/mol. The molecule has 0 spiro atoms. The highest BCUT2D eigenvalue weighted by molar-refractivity contribution is 5.89. The van der Waals surface area contributed by atoms with Crippen LogP contribution in [0.4, 0.5) is 0 Å². The summed E-state index contributed by atoms with van der Waals surface area (Å²) in [6, 6.07) is 0. The molecule has 2 aliphatic carbocycles. The number of nitrogens with zero attached hydrogens (tertiary/aromatic N) is 1. The van der Waals surface area contributed by atoms with Crippen molar-refractivity contribution in [1.29, 1.82) is 0 Å². The lowest BCUT2D eigenvalue weighted by molar-refractivity contribution is -0.140. The molecule has 2 aliphatic rings. The van der Waals surface area contributed by atoms with Gasteiger partial charge in [-0.25, -0.2) is 0 Å². The summed E-state index contributed by atoms with van der Waals surface area (Å²) in [5.74, 6) is -1.69. The maximum atomic E-state index is 11.9. The van der Waals surface area contributed by atoms with Gasteiger partial charge in [0.25, 0.3) is 0 Å². The van der Waals surface area contributed by atoms with Gasteiger partial charge >= 0.3 is 5.97 Å². The van der Waals surface area contributed by atoms with Gasteiger partial charge in [0.1, 0.15) is 0 Å². The number of hydrogen-bond donors (Lipinski definition) is 2. The summed E-state index contributed by atoms with van der Waals surface area (Å²) in [7, 11) is 4.13. The quantitative estimate of drug-likeness (QED) is 0.783. The summed E-state index contributed by atoms with van der Waals surface area (Å²) in [5.41, 5.74) is 0.0571. The van der Waals surface area contributed by atoms with E-state index in [0.717, 1.165) is 12.8 Å². The van der Waals surface area contributed by atoms with Crippen LogP contribution in [0, 0.1) is 11.8 Å². The number of carboxylic acids is 1. The van der Waals surface area contributed by atoms with E-state index < -0.39 is 11.9 Å². The molecule has 1 amide bonds. The molecule has 2 fully saturated rings. The largest absolute Gasteiger partial charge is 0.481 e. The molecule has 108 valence electrons. The molecule has 0 saturated heterocycles. The van der Waals surface area contributed by atoms with E-state index in [0.29, 0.717) is 13.0 Å². The third-order valence-electron chi connectivity index (χ3n) is 4.77. The van der Waals surface area contributed by atoms with Crippen LogP contribution in [0.15, 0.2) is 0 Å². The van der Waals surface area contributed by atoms with Gasteiger partial charge in [0, 0.05) is 12.1 Å². The molecule has 2 N–H and O–H groups in total. The van der Waals surface area contributed by atoms with Gasteiger partial charge in [-0.1, -0.05) is 19.3 Å². The molecule has 19 heavy (non-hydrogen) atoms. The van der Waals surface area contributed by atoms with Crippen LogP contribution in [0.3, 0.4) is 0 Å². The van der Waals surface area contributed by atoms with E-state index in [1.165, 1.54) is 19.3 Å². The average Bonchev–Trinajstić information content (AvgIpc) is 3.17. The number of likely N-dealkylation sites (N-methyl/N-ethyl adjacent to an activating group) is 1. The summed E-state index contributed by atoms with van der Waals surface area (Å²) in [6.45, 7) is 0.641. The highest BCUT2D eigenvalue weighted by Gasteiger charge is 2.48. The van der Waals surface area contributed by atoms with Gasteiger partial charge in [0.2, 0.25) is 5.91 Å². The van der Waals surface area contributed by atoms with Crippen LogP contribution >= 0.6 is 0 Å². The molecule has 0 heterocycles. The molecule has 5 heteroatoms. The monoisotopic (exact) mass is 268 g/mol. The Kier molecular flexibility index (Phi) is 4.13. The standard InChI is InChI=1S/C14H24N2O3/c1-16(2)14(6-4-3-5-7-14)9-15-12(17)10-8-11(10)13(18)19/h10-11H,3-9H2,1-2H3,(H,15,17)(H,18,19). The summed E-state index contributed by atoms with van der Waals surface area (Å²) in [4.78, 5) is 24.9. The van der Waals surface area contributed by atoms with Crippen LogP contribution in [-0.2, 0) is 9.59 Å². The van der Waals surface area contributed by atoms with E-state index in [9.17, 15) is 9.59 Å². The molecule has 0 aromatic rings. The molecule has 0 radical (unpaired) electrons. The molecule has 2 atom stereocenters. The number of aliphatic carboxylic acids is 1. The maximum absolute atomic E-state index is 11.9. The Bertz CT molecular complexity index is 362. The lowest BCUT2D eigenvalue weighted by Gasteiger charge is -2.43. The minimum atomic E-state index is -0.847. The number of carbonyl (C=O) groups is 2. The molecule has 0 bridgehead atoms. The van der Waals surface area contributed by atoms with Crippen molar-refractivity contribution >= 4 is 11.9 Å². The van der Waals surface area contributed by atoms with E-state index in [1.807, 2.05) is 0 Å². The number of carbonyl (C=O) groups excluding carboxylic acids is 1. The predicted molar refractivity (Wildman–Crippen MR) is 71.7 cm³/mol. The van der Waals surface area contributed by atoms with E-state index in [4.69, 9.17) is 5.11 Å². The second kappa shape index (κ2) is 5.49. The minimum absolute atomic E-state index is 0.0571. The van der Waals surface area contributed by atoms with Crippen molar-refractivity contribution in [3.05, 3.63) is 0 Å². The van der Waals surface area contributed by atoms with Gasteiger partial charge in [-0.3, -0.25) is 9.59 Å². The predicted octanol–water partition coefficient (Wildman–Crippen LogP) is 1.09. The molecule has 5 nitrogen and oxygen atoms in total. The molecule has 2 rings (SSSR count). The lowest BCUT2D eigenvalue weighted by Crippen LogP contribution is -2.54. The highest BCUT2D eigenvalue weighted by atomic mass is 16.4. The van der Waals surface area contributed by atoms with Crippen molar-refractivity contribution in [2.24, 2.45) is 11.8 Å². The molecular formula is C14H24N2O3. The normalized spacial score (nSPS) is 29.0. The molecule has 2 unspecified atom stereocenters. The van der Waals surface area contributed by atoms with Crippen LogP contribution in [0.2, 0.25) is 0 Å². The van der Waals surface area contributed by atoms with Crippen LogP contribution < -0.4 is 5.32 Å². The first-order chi connectivity index (χ1) is 8.96. The number of amides is 1. The van der Waals surface area contributed by atoms with Crippen molar-refractivity contribution < 1.29 is 14.7 Å². The second-order valence-electron chi connectivity index (χ2n) is 6.18. The fourth-order valence-electron chi connectivity index (χ4n) is 3.13. The Morgan fingerprint density at radius 2 is 1.84 bits per heavy atom. The zero-order valence-electron chi connectivity index (χ0n) is 11.8. The first kappa shape index (κ1) is 14.3. The number of hydrogen-bond acceptors (Lipinski definition) is 3. The van der Waals surface area contributed by atoms with Gasteiger partial charge in [-0.15, -0.1) is 0 Å². The average molecular weight is 268 g/mol. The maximum Gasteiger partial charge on any atom is 0.307 e. The topological polar surface area (TPSA) is 69.6 Å². The van der Waals surface area contributed by atoms with Crippen molar-refractivity contribution in [2.75, 3.05) is 20.6 Å². The number of nitrogens with one attached hydrogen (secondary N) is 1. The minimum Gasteiger partial charge on any atom is -0.481 e. The smallest absolute Gasteiger partial charge is 0.307 e. The first-order valence-electron chi connectivity index (χ1n) is 7.14. The van der Waals surface area contributed by atoms with E-state index in [1.54, 1.807) is 0 Å². The van der Waals surface area contributed by atoms with Crippen LogP contribution in [-0.4, -0.2) is 48.1 Å². The molecule has 0 aromatic carbocycles. The van der Waals surface area contributed by atoms with Gasteiger partial charge < -0.3 is 15.3 Å². The van der Waals surface area contributed by atoms with Crippen molar-refractivity contribution in [2.45, 2.75) is 44.1 Å². The summed E-state index contributed by atoms with van der Waals surface area (Å²) in [5, 5.41) is 11.8. The van der Waals surface area contributed by atoms with E-state index >= 15 is 0 Å². The summed E-state index contributed by atoms with van der Waals surface area (Å²) >= 11 is 0. The SMILES string of the molecule is CN(C)C1(CNC(=O)C2CC2C(=O)O)CCCCC1. The Labute approximate surface area is 114 Å². The molecule has 2 saturated carbocycles. The van der Waals surface area contributed by atoms with Crippen LogP contribution in [0.1, 0.15) is 38.5 Å². The zero-order valence-corrected chi connectivity index (χ0v) is 11.8. The van der Waals surface area contributed by atoms with Crippen molar-refractivity contribution in [3.8, 4) is 0 Å². The second-order valence-corrected chi connectivity index (χ2v) is 6.18. The van der Waals surface area contributed by atoms with Crippen LogP contribution in [0.5, 0.6) is 0 Å². The fourth-order valence-corrected chi connectivity index (χ4v) is 3.13. The van der Waals surface area contributed by atoms with Crippen molar-refractivity contribution in [1.82, 2.24) is 10.2 Å². The van der Waals surface area contributed by atoms with Gasteiger partial charge in [0.15, 0.2) is 0 Å². The Hall–Kier alpha value is -1.10. The third-order valence-corrected chi connectivity index (χ3v) is 4.77. The van der Waals surface area contributed by atoms with Crippen LogP contribution in [0.25, 0.3) is 0 Å². The Morgan fingerprint density at radius 3 is 2.32 bits per heavy atom. The first-order valence-corrected chi connectivity index (χ1v) is 7.14. The lowest BCUT2D eigenvalue weighted by atomic mass is 9.80. The van der Waals surface area contributed by atoms with E-state index in [2.05, 4.69) is 24.3 Å². The number of rotatable bonds is 5.